The van der Waals surface area contributed by atoms with Gasteiger partial charge in [0.05, 0.1) is 0 Å². The van der Waals surface area contributed by atoms with Crippen LogP contribution in [-0.4, -0.2) is 43.4 Å². The molecule has 11 heavy (non-hydrogen) atoms. The summed E-state index contributed by atoms with van der Waals surface area (Å²) in [5.74, 6) is 0. The molecule has 0 aromatic carbocycles. The zero-order valence-corrected chi connectivity index (χ0v) is 7.38. The van der Waals surface area contributed by atoms with E-state index in [4.69, 9.17) is 5.11 Å². The molecular formula is C8H18N2O. The van der Waals surface area contributed by atoms with Crippen LogP contribution in [0, 0.1) is 0 Å². The highest BCUT2D eigenvalue weighted by molar-refractivity contribution is 4.75. The molecule has 2 N–H and O–H groups in total. The van der Waals surface area contributed by atoms with Crippen LogP contribution in [-0.2, 0) is 0 Å². The van der Waals surface area contributed by atoms with Crippen molar-refractivity contribution >= 4 is 0 Å². The lowest BCUT2D eigenvalue weighted by Crippen LogP contribution is -2.29. The average Bonchev–Trinajstić information content (AvgIpc) is 1.97. The van der Waals surface area contributed by atoms with Crippen molar-refractivity contribution in [2.24, 2.45) is 0 Å². The minimum atomic E-state index is -0.558. The highest BCUT2D eigenvalue weighted by Gasteiger charge is 1.94. The first-order valence-electron chi connectivity index (χ1n) is 3.85. The van der Waals surface area contributed by atoms with E-state index < -0.39 is 6.23 Å². The molecule has 0 saturated heterocycles. The van der Waals surface area contributed by atoms with Gasteiger partial charge in [0.1, 0.15) is 6.23 Å². The first-order valence-corrected chi connectivity index (χ1v) is 3.85. The van der Waals surface area contributed by atoms with Gasteiger partial charge in [-0.1, -0.05) is 6.58 Å². The van der Waals surface area contributed by atoms with Gasteiger partial charge < -0.3 is 10.0 Å². The number of hydrogen-bond donors (Lipinski definition) is 2. The van der Waals surface area contributed by atoms with E-state index in [0.717, 1.165) is 19.5 Å². The van der Waals surface area contributed by atoms with Crippen LogP contribution in [0.4, 0.5) is 0 Å². The SMILES string of the molecule is C=CC(O)NCCCN(C)C. The molecule has 0 aliphatic rings. The molecule has 0 aliphatic heterocycles. The lowest BCUT2D eigenvalue weighted by Gasteiger charge is -2.11. The van der Waals surface area contributed by atoms with Gasteiger partial charge in [0.2, 0.25) is 0 Å². The van der Waals surface area contributed by atoms with E-state index in [9.17, 15) is 0 Å². The molecule has 0 fully saturated rings. The Morgan fingerprint density at radius 1 is 1.64 bits per heavy atom. The number of nitrogens with one attached hydrogen (secondary N) is 1. The second kappa shape index (κ2) is 6.34. The van der Waals surface area contributed by atoms with Crippen LogP contribution >= 0.6 is 0 Å². The average molecular weight is 158 g/mol. The Morgan fingerprint density at radius 3 is 2.73 bits per heavy atom. The summed E-state index contributed by atoms with van der Waals surface area (Å²) < 4.78 is 0. The Bertz CT molecular complexity index is 104. The molecule has 1 unspecified atom stereocenters. The molecule has 0 aliphatic carbocycles. The summed E-state index contributed by atoms with van der Waals surface area (Å²) in [6.45, 7) is 5.31. The molecule has 1 atom stereocenters. The molecule has 0 saturated carbocycles. The Hall–Kier alpha value is -0.380. The zero-order chi connectivity index (χ0) is 8.69. The van der Waals surface area contributed by atoms with Gasteiger partial charge in [0, 0.05) is 0 Å². The third-order valence-corrected chi connectivity index (χ3v) is 1.36. The first kappa shape index (κ1) is 10.6. The van der Waals surface area contributed by atoms with Crippen LogP contribution in [0.3, 0.4) is 0 Å². The number of aliphatic hydroxyl groups excluding tert-OH is 1. The molecule has 66 valence electrons. The summed E-state index contributed by atoms with van der Waals surface area (Å²) >= 11 is 0. The van der Waals surface area contributed by atoms with Gasteiger partial charge in [-0.05, 0) is 39.7 Å². The van der Waals surface area contributed by atoms with Crippen molar-refractivity contribution < 1.29 is 5.11 Å². The number of hydrogen-bond acceptors (Lipinski definition) is 3. The first-order chi connectivity index (χ1) is 5.16. The topological polar surface area (TPSA) is 35.5 Å². The second-order valence-corrected chi connectivity index (χ2v) is 2.79. The van der Waals surface area contributed by atoms with Crippen molar-refractivity contribution in [2.45, 2.75) is 12.6 Å². The van der Waals surface area contributed by atoms with Gasteiger partial charge in [0.15, 0.2) is 0 Å². The van der Waals surface area contributed by atoms with Crippen LogP contribution in [0.2, 0.25) is 0 Å². The van der Waals surface area contributed by atoms with E-state index in [1.165, 1.54) is 6.08 Å². The molecule has 3 heteroatoms. The summed E-state index contributed by atoms with van der Waals surface area (Å²) in [5.41, 5.74) is 0. The molecule has 0 heterocycles. The van der Waals surface area contributed by atoms with Gasteiger partial charge in [-0.2, -0.15) is 0 Å². The lowest BCUT2D eigenvalue weighted by molar-refractivity contribution is 0.183. The third kappa shape index (κ3) is 7.52. The van der Waals surface area contributed by atoms with E-state index in [2.05, 4.69) is 16.8 Å². The van der Waals surface area contributed by atoms with Crippen LogP contribution in [0.5, 0.6) is 0 Å². The van der Waals surface area contributed by atoms with E-state index in [-0.39, 0.29) is 0 Å². The van der Waals surface area contributed by atoms with Crippen molar-refractivity contribution in [1.29, 1.82) is 0 Å². The zero-order valence-electron chi connectivity index (χ0n) is 7.38. The van der Waals surface area contributed by atoms with Crippen LogP contribution in [0.25, 0.3) is 0 Å². The predicted octanol–water partition coefficient (Wildman–Crippen LogP) is 0.0321. The van der Waals surface area contributed by atoms with Gasteiger partial charge >= 0.3 is 0 Å². The summed E-state index contributed by atoms with van der Waals surface area (Å²) in [5, 5.41) is 11.9. The molecule has 0 rings (SSSR count). The summed E-state index contributed by atoms with van der Waals surface area (Å²) in [4.78, 5) is 2.11. The quantitative estimate of drug-likeness (QED) is 0.325. The fourth-order valence-corrected chi connectivity index (χ4v) is 0.729. The maximum absolute atomic E-state index is 8.98. The largest absolute Gasteiger partial charge is 0.375 e. The minimum absolute atomic E-state index is 0.558. The fraction of sp³-hybridized carbons (Fsp3) is 0.750. The van der Waals surface area contributed by atoms with Crippen LogP contribution in [0.1, 0.15) is 6.42 Å². The number of aliphatic hydroxyl groups is 1. The fourth-order valence-electron chi connectivity index (χ4n) is 0.729. The van der Waals surface area contributed by atoms with Crippen molar-refractivity contribution in [3.8, 4) is 0 Å². The molecule has 0 amide bonds. The Balaban J connectivity index is 3.07. The summed E-state index contributed by atoms with van der Waals surface area (Å²) in [7, 11) is 4.06. The van der Waals surface area contributed by atoms with Gasteiger partial charge in [-0.3, -0.25) is 5.32 Å². The van der Waals surface area contributed by atoms with E-state index in [1.807, 2.05) is 14.1 Å². The van der Waals surface area contributed by atoms with Gasteiger partial charge in [-0.15, -0.1) is 0 Å². The number of nitrogens with zero attached hydrogens (tertiary/aromatic N) is 1. The van der Waals surface area contributed by atoms with E-state index in [1.54, 1.807) is 0 Å². The lowest BCUT2D eigenvalue weighted by atomic mass is 10.4. The minimum Gasteiger partial charge on any atom is -0.375 e. The van der Waals surface area contributed by atoms with Crippen LogP contribution < -0.4 is 5.32 Å². The van der Waals surface area contributed by atoms with Gasteiger partial charge in [-0.25, -0.2) is 0 Å². The molecule has 0 aromatic heterocycles. The highest BCUT2D eigenvalue weighted by atomic mass is 16.3. The smallest absolute Gasteiger partial charge is 0.123 e. The monoisotopic (exact) mass is 158 g/mol. The van der Waals surface area contributed by atoms with E-state index in [0.29, 0.717) is 0 Å². The number of rotatable bonds is 6. The summed E-state index contributed by atoms with van der Waals surface area (Å²) in [6, 6.07) is 0. The van der Waals surface area contributed by atoms with Crippen molar-refractivity contribution in [3.05, 3.63) is 12.7 Å². The standard InChI is InChI=1S/C8H18N2O/c1-4-8(11)9-6-5-7-10(2)3/h4,8-9,11H,1,5-7H2,2-3H3. The summed E-state index contributed by atoms with van der Waals surface area (Å²) in [6.07, 6.45) is 1.96. The molecular weight excluding hydrogens is 140 g/mol. The predicted molar refractivity (Wildman–Crippen MR) is 47.4 cm³/mol. The van der Waals surface area contributed by atoms with Crippen LogP contribution in [0.15, 0.2) is 12.7 Å². The van der Waals surface area contributed by atoms with Crippen molar-refractivity contribution in [2.75, 3.05) is 27.2 Å². The maximum Gasteiger partial charge on any atom is 0.123 e. The Morgan fingerprint density at radius 2 is 2.27 bits per heavy atom. The molecule has 0 radical (unpaired) electrons. The van der Waals surface area contributed by atoms with E-state index >= 15 is 0 Å². The third-order valence-electron chi connectivity index (χ3n) is 1.36. The van der Waals surface area contributed by atoms with Gasteiger partial charge in [0.25, 0.3) is 0 Å². The molecule has 0 bridgehead atoms. The second-order valence-electron chi connectivity index (χ2n) is 2.79. The molecule has 0 spiro atoms. The molecule has 3 nitrogen and oxygen atoms in total. The van der Waals surface area contributed by atoms with Crippen molar-refractivity contribution in [3.63, 3.8) is 0 Å². The highest BCUT2D eigenvalue weighted by Crippen LogP contribution is 1.82. The Labute approximate surface area is 68.7 Å². The van der Waals surface area contributed by atoms with Crippen molar-refractivity contribution in [1.82, 2.24) is 10.2 Å². The Kier molecular flexibility index (Phi) is 6.12. The maximum atomic E-state index is 8.98. The molecule has 0 aromatic rings. The normalized spacial score (nSPS) is 13.5.